The zero-order valence-corrected chi connectivity index (χ0v) is 24.1. The molecule has 2 heterocycles. The summed E-state index contributed by atoms with van der Waals surface area (Å²) < 4.78 is 68.5. The summed E-state index contributed by atoms with van der Waals surface area (Å²) in [5.41, 5.74) is 0. The van der Waals surface area contributed by atoms with E-state index in [-0.39, 0.29) is 0 Å². The Kier molecular flexibility index (Phi) is 15.2. The summed E-state index contributed by atoms with van der Waals surface area (Å²) in [6.07, 6.45) is 0. The molecule has 2 aliphatic rings. The Morgan fingerprint density at radius 1 is 0.262 bits per heavy atom. The number of para-hydroxylation sites is 2. The van der Waals surface area contributed by atoms with Crippen molar-refractivity contribution in [3.05, 3.63) is 36.4 Å². The molecule has 0 amide bonds. The van der Waals surface area contributed by atoms with Crippen LogP contribution in [0.15, 0.2) is 36.4 Å². The maximum Gasteiger partial charge on any atom is 0.165 e. The van der Waals surface area contributed by atoms with Gasteiger partial charge in [-0.15, -0.1) is 0 Å². The zero-order valence-electron chi connectivity index (χ0n) is 24.1. The SMILES string of the molecule is c1ccc2c(c1)OCCOCCOCCOCCOc1cc3c(cc1OCCOCCOCCOCCO2)OCCO3. The molecule has 12 heteroatoms. The molecule has 2 aromatic rings. The molecule has 0 saturated carbocycles. The van der Waals surface area contributed by atoms with Crippen LogP contribution in [0.4, 0.5) is 0 Å². The van der Waals surface area contributed by atoms with Gasteiger partial charge in [-0.3, -0.25) is 0 Å². The summed E-state index contributed by atoms with van der Waals surface area (Å²) in [6, 6.07) is 11.1. The maximum absolute atomic E-state index is 5.93. The van der Waals surface area contributed by atoms with E-state index in [0.29, 0.717) is 153 Å². The number of hydrogen-bond donors (Lipinski definition) is 0. The van der Waals surface area contributed by atoms with Crippen molar-refractivity contribution < 1.29 is 56.8 Å². The Labute approximate surface area is 246 Å². The van der Waals surface area contributed by atoms with Crippen LogP contribution in [0.3, 0.4) is 0 Å². The average molecular weight is 595 g/mol. The molecule has 12 nitrogen and oxygen atoms in total. The molecule has 0 aromatic heterocycles. The number of rotatable bonds is 0. The van der Waals surface area contributed by atoms with Gasteiger partial charge in [0, 0.05) is 12.1 Å². The number of fused-ring (bicyclic) bond motifs is 3. The minimum Gasteiger partial charge on any atom is -0.487 e. The first-order chi connectivity index (χ1) is 20.9. The Balaban J connectivity index is 1.20. The summed E-state index contributed by atoms with van der Waals surface area (Å²) in [5, 5.41) is 0. The van der Waals surface area contributed by atoms with Gasteiger partial charge >= 0.3 is 0 Å². The third-order valence-corrected chi connectivity index (χ3v) is 5.89. The quantitative estimate of drug-likeness (QED) is 0.447. The van der Waals surface area contributed by atoms with E-state index in [1.165, 1.54) is 0 Å². The highest BCUT2D eigenvalue weighted by Gasteiger charge is 2.18. The van der Waals surface area contributed by atoms with Crippen molar-refractivity contribution in [2.24, 2.45) is 0 Å². The van der Waals surface area contributed by atoms with Crippen LogP contribution in [0.25, 0.3) is 0 Å². The lowest BCUT2D eigenvalue weighted by Gasteiger charge is -2.21. The molecule has 0 radical (unpaired) electrons. The highest BCUT2D eigenvalue weighted by atomic mass is 16.6. The molecular weight excluding hydrogens is 552 g/mol. The first-order valence-electron chi connectivity index (χ1n) is 14.4. The topological polar surface area (TPSA) is 111 Å². The van der Waals surface area contributed by atoms with Crippen molar-refractivity contribution in [2.75, 3.05) is 119 Å². The van der Waals surface area contributed by atoms with E-state index in [1.54, 1.807) is 12.1 Å². The van der Waals surface area contributed by atoms with Crippen LogP contribution in [0.2, 0.25) is 0 Å². The Hall–Kier alpha value is -3.00. The molecular formula is C30H42O12. The highest BCUT2D eigenvalue weighted by molar-refractivity contribution is 5.54. The van der Waals surface area contributed by atoms with Crippen LogP contribution in [-0.4, -0.2) is 119 Å². The summed E-state index contributed by atoms with van der Waals surface area (Å²) >= 11 is 0. The van der Waals surface area contributed by atoms with E-state index >= 15 is 0 Å². The molecule has 234 valence electrons. The average Bonchev–Trinajstić information content (AvgIpc) is 3.01. The first kappa shape index (κ1) is 31.9. The second kappa shape index (κ2) is 20.0. The van der Waals surface area contributed by atoms with Crippen LogP contribution >= 0.6 is 0 Å². The third-order valence-electron chi connectivity index (χ3n) is 5.89. The third kappa shape index (κ3) is 12.1. The number of benzene rings is 2. The molecule has 0 atom stereocenters. The zero-order chi connectivity index (χ0) is 28.9. The van der Waals surface area contributed by atoms with Gasteiger partial charge in [0.2, 0.25) is 0 Å². The molecule has 0 saturated heterocycles. The van der Waals surface area contributed by atoms with Crippen molar-refractivity contribution in [3.8, 4) is 34.5 Å². The van der Waals surface area contributed by atoms with Gasteiger partial charge in [-0.2, -0.15) is 0 Å². The maximum atomic E-state index is 5.93. The molecule has 42 heavy (non-hydrogen) atoms. The van der Waals surface area contributed by atoms with Gasteiger partial charge in [-0.05, 0) is 12.1 Å². The minimum atomic E-state index is 0.338. The fourth-order valence-corrected chi connectivity index (χ4v) is 3.89. The predicted molar refractivity (Wildman–Crippen MR) is 151 cm³/mol. The van der Waals surface area contributed by atoms with E-state index < -0.39 is 0 Å². The van der Waals surface area contributed by atoms with Crippen molar-refractivity contribution in [2.45, 2.75) is 0 Å². The largest absolute Gasteiger partial charge is 0.487 e. The fraction of sp³-hybridized carbons (Fsp3) is 0.600. The number of ether oxygens (including phenoxy) is 12. The Bertz CT molecular complexity index is 926. The lowest BCUT2D eigenvalue weighted by molar-refractivity contribution is 0.00244. The second-order valence-electron chi connectivity index (χ2n) is 8.96. The van der Waals surface area contributed by atoms with Crippen LogP contribution in [0.1, 0.15) is 0 Å². The molecule has 2 aliphatic heterocycles. The number of hydrogen-bond acceptors (Lipinski definition) is 12. The van der Waals surface area contributed by atoms with Crippen LogP contribution in [-0.2, 0) is 28.4 Å². The van der Waals surface area contributed by atoms with Crippen LogP contribution in [0.5, 0.6) is 34.5 Å². The lowest BCUT2D eigenvalue weighted by Crippen LogP contribution is -2.17. The van der Waals surface area contributed by atoms with E-state index in [1.807, 2.05) is 24.3 Å². The van der Waals surface area contributed by atoms with Gasteiger partial charge in [-0.1, -0.05) is 12.1 Å². The van der Waals surface area contributed by atoms with Crippen LogP contribution in [0, 0.1) is 0 Å². The van der Waals surface area contributed by atoms with Gasteiger partial charge in [0.25, 0.3) is 0 Å². The van der Waals surface area contributed by atoms with Crippen LogP contribution < -0.4 is 28.4 Å². The molecule has 2 aromatic carbocycles. The van der Waals surface area contributed by atoms with Gasteiger partial charge < -0.3 is 56.8 Å². The molecule has 0 N–H and O–H groups in total. The van der Waals surface area contributed by atoms with Crippen molar-refractivity contribution >= 4 is 0 Å². The standard InChI is InChI=1S/C30H42O12/c1-2-4-26-25(3-1)37-17-13-33-9-5-31-7-11-35-15-19-39-27-23-29-30(42-22-21-41-29)24-28(27)40-20-16-36-12-8-32-6-10-34-14-18-38-26/h1-4,23-24H,5-22H2. The van der Waals surface area contributed by atoms with Gasteiger partial charge in [0.1, 0.15) is 39.6 Å². The van der Waals surface area contributed by atoms with Gasteiger partial charge in [0.15, 0.2) is 34.5 Å². The fourth-order valence-electron chi connectivity index (χ4n) is 3.89. The predicted octanol–water partition coefficient (Wildman–Crippen LogP) is 2.79. The van der Waals surface area contributed by atoms with Crippen molar-refractivity contribution in [1.82, 2.24) is 0 Å². The first-order valence-corrected chi connectivity index (χ1v) is 14.4. The molecule has 0 spiro atoms. The second-order valence-corrected chi connectivity index (χ2v) is 8.96. The Morgan fingerprint density at radius 2 is 0.476 bits per heavy atom. The summed E-state index contributed by atoms with van der Waals surface area (Å²) in [5.74, 6) is 3.68. The smallest absolute Gasteiger partial charge is 0.165 e. The molecule has 0 aliphatic carbocycles. The normalized spacial score (nSPS) is 19.7. The van der Waals surface area contributed by atoms with E-state index in [0.717, 1.165) is 0 Å². The van der Waals surface area contributed by atoms with E-state index in [4.69, 9.17) is 56.8 Å². The minimum absolute atomic E-state index is 0.338. The summed E-state index contributed by atoms with van der Waals surface area (Å²) in [7, 11) is 0. The summed E-state index contributed by atoms with van der Waals surface area (Å²) in [6.45, 7) is 7.76. The monoisotopic (exact) mass is 594 g/mol. The van der Waals surface area contributed by atoms with Crippen molar-refractivity contribution in [1.29, 1.82) is 0 Å². The Morgan fingerprint density at radius 3 is 0.762 bits per heavy atom. The molecule has 4 rings (SSSR count). The molecule has 0 bridgehead atoms. The highest BCUT2D eigenvalue weighted by Crippen LogP contribution is 2.41. The lowest BCUT2D eigenvalue weighted by atomic mass is 10.2. The van der Waals surface area contributed by atoms with Crippen molar-refractivity contribution in [3.63, 3.8) is 0 Å². The van der Waals surface area contributed by atoms with Gasteiger partial charge in [0.05, 0.1) is 79.3 Å². The van der Waals surface area contributed by atoms with E-state index in [2.05, 4.69) is 0 Å². The molecule has 0 fully saturated rings. The molecule has 0 unspecified atom stereocenters. The van der Waals surface area contributed by atoms with E-state index in [9.17, 15) is 0 Å². The van der Waals surface area contributed by atoms with Gasteiger partial charge in [-0.25, -0.2) is 0 Å². The summed E-state index contributed by atoms with van der Waals surface area (Å²) in [4.78, 5) is 0.